The van der Waals surface area contributed by atoms with Crippen LogP contribution >= 0.6 is 0 Å². The van der Waals surface area contributed by atoms with Gasteiger partial charge >= 0.3 is 12.1 Å². The quantitative estimate of drug-likeness (QED) is 0.552. The summed E-state index contributed by atoms with van der Waals surface area (Å²) in [7, 11) is -3.77. The predicted molar refractivity (Wildman–Crippen MR) is 100.0 cm³/mol. The number of rotatable bonds is 8. The summed E-state index contributed by atoms with van der Waals surface area (Å²) in [5.41, 5.74) is -0.0600. The van der Waals surface area contributed by atoms with E-state index in [2.05, 4.69) is 5.32 Å². The van der Waals surface area contributed by atoms with E-state index in [1.54, 1.807) is 32.9 Å². The standard InChI is InChI=1S/C17H25N3O7S/c1-17(2,3)27-16(24)20(11-15(22)23)10-14(21)19-9-8-12-4-6-13(7-5-12)28(18,25)26/h4-7H,8-11H2,1-3H3,(H,19,21)(H,22,23)(H2,18,25,26). The molecular weight excluding hydrogens is 390 g/mol. The molecule has 0 aliphatic carbocycles. The van der Waals surface area contributed by atoms with E-state index in [-0.39, 0.29) is 11.4 Å². The fourth-order valence-corrected chi connectivity index (χ4v) is 2.61. The van der Waals surface area contributed by atoms with Crippen LogP contribution in [0.1, 0.15) is 26.3 Å². The second-order valence-electron chi connectivity index (χ2n) is 7.02. The lowest BCUT2D eigenvalue weighted by Crippen LogP contribution is -2.45. The fraction of sp³-hybridized carbons (Fsp3) is 0.471. The Morgan fingerprint density at radius 3 is 2.18 bits per heavy atom. The second kappa shape index (κ2) is 9.51. The number of amides is 2. The maximum absolute atomic E-state index is 12.0. The van der Waals surface area contributed by atoms with Gasteiger partial charge in [0.15, 0.2) is 0 Å². The number of hydrogen-bond acceptors (Lipinski definition) is 6. The minimum absolute atomic E-state index is 0.0121. The first kappa shape index (κ1) is 23.4. The summed E-state index contributed by atoms with van der Waals surface area (Å²) >= 11 is 0. The molecule has 0 saturated heterocycles. The SMILES string of the molecule is CC(C)(C)OC(=O)N(CC(=O)O)CC(=O)NCCc1ccc(S(N)(=O)=O)cc1. The number of nitrogens with two attached hydrogens (primary N) is 1. The third-order valence-corrected chi connectivity index (χ3v) is 4.23. The van der Waals surface area contributed by atoms with E-state index < -0.39 is 46.7 Å². The second-order valence-corrected chi connectivity index (χ2v) is 8.58. The van der Waals surface area contributed by atoms with Gasteiger partial charge in [-0.15, -0.1) is 0 Å². The molecule has 0 aromatic heterocycles. The van der Waals surface area contributed by atoms with Crippen LogP contribution in [0.5, 0.6) is 0 Å². The monoisotopic (exact) mass is 415 g/mol. The van der Waals surface area contributed by atoms with Crippen LogP contribution < -0.4 is 10.5 Å². The highest BCUT2D eigenvalue weighted by molar-refractivity contribution is 7.89. The molecule has 0 fully saturated rings. The highest BCUT2D eigenvalue weighted by Crippen LogP contribution is 2.10. The van der Waals surface area contributed by atoms with Gasteiger partial charge in [-0.25, -0.2) is 18.4 Å². The Balaban J connectivity index is 2.58. The lowest BCUT2D eigenvalue weighted by molar-refractivity contribution is -0.138. The van der Waals surface area contributed by atoms with E-state index in [9.17, 15) is 22.8 Å². The van der Waals surface area contributed by atoms with Crippen LogP contribution in [0, 0.1) is 0 Å². The number of sulfonamides is 1. The van der Waals surface area contributed by atoms with Gasteiger partial charge in [0.25, 0.3) is 0 Å². The molecule has 0 aliphatic heterocycles. The van der Waals surface area contributed by atoms with Crippen molar-refractivity contribution in [1.29, 1.82) is 0 Å². The van der Waals surface area contributed by atoms with Gasteiger partial charge in [0, 0.05) is 6.54 Å². The third-order valence-electron chi connectivity index (χ3n) is 3.30. The molecule has 0 saturated carbocycles. The highest BCUT2D eigenvalue weighted by Gasteiger charge is 2.25. The van der Waals surface area contributed by atoms with Gasteiger partial charge in [-0.2, -0.15) is 0 Å². The zero-order valence-corrected chi connectivity index (χ0v) is 16.8. The Hall–Kier alpha value is -2.66. The van der Waals surface area contributed by atoms with Crippen LogP contribution in [0.15, 0.2) is 29.2 Å². The summed E-state index contributed by atoms with van der Waals surface area (Å²) in [6.45, 7) is 3.97. The number of carbonyl (C=O) groups is 3. The summed E-state index contributed by atoms with van der Waals surface area (Å²) < 4.78 is 27.5. The topological polar surface area (TPSA) is 156 Å². The van der Waals surface area contributed by atoms with E-state index >= 15 is 0 Å². The maximum atomic E-state index is 12.0. The molecule has 11 heteroatoms. The molecule has 1 aromatic carbocycles. The molecule has 1 aromatic rings. The zero-order valence-electron chi connectivity index (χ0n) is 16.0. The van der Waals surface area contributed by atoms with E-state index in [4.69, 9.17) is 15.0 Å². The zero-order chi connectivity index (χ0) is 21.5. The van der Waals surface area contributed by atoms with Crippen LogP contribution in [0.2, 0.25) is 0 Å². The lowest BCUT2D eigenvalue weighted by atomic mass is 10.1. The molecule has 0 aliphatic rings. The van der Waals surface area contributed by atoms with Gasteiger partial charge in [-0.05, 0) is 44.9 Å². The Bertz CT molecular complexity index is 814. The number of carbonyl (C=O) groups excluding carboxylic acids is 2. The van der Waals surface area contributed by atoms with E-state index in [1.165, 1.54) is 12.1 Å². The van der Waals surface area contributed by atoms with Crippen molar-refractivity contribution in [1.82, 2.24) is 10.2 Å². The lowest BCUT2D eigenvalue weighted by Gasteiger charge is -2.26. The van der Waals surface area contributed by atoms with Crippen molar-refractivity contribution in [3.8, 4) is 0 Å². The number of nitrogens with zero attached hydrogens (tertiary/aromatic N) is 1. The summed E-state index contributed by atoms with van der Waals surface area (Å²) in [5, 5.41) is 16.5. The number of ether oxygens (including phenoxy) is 1. The number of benzene rings is 1. The average molecular weight is 415 g/mol. The number of primary sulfonamides is 1. The minimum atomic E-state index is -3.77. The normalized spacial score (nSPS) is 11.6. The van der Waals surface area contributed by atoms with Gasteiger partial charge in [0.1, 0.15) is 18.7 Å². The average Bonchev–Trinajstić information content (AvgIpc) is 2.52. The van der Waals surface area contributed by atoms with Gasteiger partial charge in [0.05, 0.1) is 4.90 Å². The predicted octanol–water partition coefficient (Wildman–Crippen LogP) is 0.314. The number of carboxylic acids is 1. The summed E-state index contributed by atoms with van der Waals surface area (Å²) in [4.78, 5) is 35.8. The molecule has 0 bridgehead atoms. The van der Waals surface area contributed by atoms with Gasteiger partial charge in [-0.1, -0.05) is 12.1 Å². The largest absolute Gasteiger partial charge is 0.480 e. The molecule has 2 amide bonds. The third kappa shape index (κ3) is 8.82. The van der Waals surface area contributed by atoms with Crippen LogP contribution in [0.25, 0.3) is 0 Å². The Morgan fingerprint density at radius 1 is 1.14 bits per heavy atom. The first-order chi connectivity index (χ1) is 12.8. The molecule has 0 atom stereocenters. The van der Waals surface area contributed by atoms with Crippen molar-refractivity contribution in [3.05, 3.63) is 29.8 Å². The Labute approximate surface area is 163 Å². The highest BCUT2D eigenvalue weighted by atomic mass is 32.2. The molecular formula is C17H25N3O7S. The van der Waals surface area contributed by atoms with Crippen LogP contribution in [0.4, 0.5) is 4.79 Å². The molecule has 156 valence electrons. The van der Waals surface area contributed by atoms with Crippen molar-refractivity contribution < 1.29 is 32.6 Å². The molecule has 0 heterocycles. The fourth-order valence-electron chi connectivity index (χ4n) is 2.10. The number of nitrogens with one attached hydrogen (secondary N) is 1. The summed E-state index contributed by atoms with van der Waals surface area (Å²) in [5.74, 6) is -1.82. The van der Waals surface area contributed by atoms with Crippen molar-refractivity contribution in [2.75, 3.05) is 19.6 Å². The first-order valence-corrected chi connectivity index (χ1v) is 9.91. The Kier molecular flexibility index (Phi) is 7.94. The molecule has 28 heavy (non-hydrogen) atoms. The summed E-state index contributed by atoms with van der Waals surface area (Å²) in [6.07, 6.45) is -0.495. The van der Waals surface area contributed by atoms with Gasteiger partial charge < -0.3 is 15.2 Å². The summed E-state index contributed by atoms with van der Waals surface area (Å²) in [6, 6.07) is 5.87. The maximum Gasteiger partial charge on any atom is 0.411 e. The van der Waals surface area contributed by atoms with E-state index in [0.29, 0.717) is 6.42 Å². The molecule has 0 spiro atoms. The van der Waals surface area contributed by atoms with Crippen molar-refractivity contribution in [3.63, 3.8) is 0 Å². The minimum Gasteiger partial charge on any atom is -0.480 e. The number of aliphatic carboxylic acids is 1. The molecule has 4 N–H and O–H groups in total. The molecule has 0 radical (unpaired) electrons. The first-order valence-electron chi connectivity index (χ1n) is 8.36. The number of carboxylic acid groups (broad SMARTS) is 1. The van der Waals surface area contributed by atoms with Crippen molar-refractivity contribution in [2.45, 2.75) is 37.7 Å². The van der Waals surface area contributed by atoms with Crippen molar-refractivity contribution >= 4 is 28.0 Å². The van der Waals surface area contributed by atoms with Gasteiger partial charge in [0.2, 0.25) is 15.9 Å². The molecule has 0 unspecified atom stereocenters. The smallest absolute Gasteiger partial charge is 0.411 e. The molecule has 1 rings (SSSR count). The van der Waals surface area contributed by atoms with E-state index in [1.807, 2.05) is 0 Å². The number of hydrogen-bond donors (Lipinski definition) is 3. The van der Waals surface area contributed by atoms with E-state index in [0.717, 1.165) is 10.5 Å². The Morgan fingerprint density at radius 2 is 1.71 bits per heavy atom. The van der Waals surface area contributed by atoms with Crippen LogP contribution in [-0.2, 0) is 30.8 Å². The van der Waals surface area contributed by atoms with Crippen molar-refractivity contribution in [2.24, 2.45) is 5.14 Å². The van der Waals surface area contributed by atoms with Crippen LogP contribution in [0.3, 0.4) is 0 Å². The van der Waals surface area contributed by atoms with Gasteiger partial charge in [-0.3, -0.25) is 14.5 Å². The molecule has 10 nitrogen and oxygen atoms in total. The van der Waals surface area contributed by atoms with Crippen LogP contribution in [-0.4, -0.2) is 61.6 Å².